The average Bonchev–Trinajstić information content (AvgIpc) is 3.51. The topological polar surface area (TPSA) is 94.1 Å². The van der Waals surface area contributed by atoms with Gasteiger partial charge in [0.1, 0.15) is 12.2 Å². The maximum absolute atomic E-state index is 13.0. The molecule has 1 amide bonds. The summed E-state index contributed by atoms with van der Waals surface area (Å²) in [6.07, 6.45) is 0.758. The van der Waals surface area contributed by atoms with Gasteiger partial charge in [-0.05, 0) is 43.0 Å². The second-order valence-corrected chi connectivity index (χ2v) is 9.15. The van der Waals surface area contributed by atoms with Crippen molar-refractivity contribution in [3.05, 3.63) is 62.9 Å². The van der Waals surface area contributed by atoms with Gasteiger partial charge in [-0.25, -0.2) is 4.68 Å². The first kappa shape index (κ1) is 21.1. The second-order valence-electron chi connectivity index (χ2n) is 6.92. The van der Waals surface area contributed by atoms with Crippen LogP contribution < -0.4 is 5.56 Å². The van der Waals surface area contributed by atoms with Gasteiger partial charge in [0.05, 0.1) is 16.3 Å². The van der Waals surface area contributed by atoms with E-state index in [2.05, 4.69) is 15.3 Å². The van der Waals surface area contributed by atoms with E-state index >= 15 is 0 Å². The molecule has 0 saturated carbocycles. The Kier molecular flexibility index (Phi) is 6.38. The van der Waals surface area contributed by atoms with E-state index in [4.69, 9.17) is 4.42 Å². The molecule has 0 aliphatic heterocycles. The number of nitrogens with zero attached hydrogens (tertiary/aromatic N) is 5. The molecule has 0 saturated heterocycles. The fourth-order valence-electron chi connectivity index (χ4n) is 3.04. The standard InChI is InChI=1S/C21H21N5O3S2/c1-3-10-25(12-18-22-23-21(29-18)17-5-4-11-30-17)20(28)13-26-19(27)9-7-15(24-26)16-8-6-14(2)31-16/h4-9,11H,3,10,12-13H2,1-2H3. The molecule has 0 spiro atoms. The minimum Gasteiger partial charge on any atom is -0.418 e. The molecule has 31 heavy (non-hydrogen) atoms. The van der Waals surface area contributed by atoms with Gasteiger partial charge in [0.25, 0.3) is 11.4 Å². The zero-order valence-corrected chi connectivity index (χ0v) is 18.8. The molecule has 0 unspecified atom stereocenters. The predicted molar refractivity (Wildman–Crippen MR) is 120 cm³/mol. The third kappa shape index (κ3) is 4.97. The first-order chi connectivity index (χ1) is 15.0. The average molecular weight is 456 g/mol. The number of aryl methyl sites for hydroxylation is 1. The number of hydrogen-bond donors (Lipinski definition) is 0. The van der Waals surface area contributed by atoms with E-state index in [0.29, 0.717) is 24.0 Å². The predicted octanol–water partition coefficient (Wildman–Crippen LogP) is 3.83. The third-order valence-corrected chi connectivity index (χ3v) is 6.40. The highest BCUT2D eigenvalue weighted by Crippen LogP contribution is 2.25. The lowest BCUT2D eigenvalue weighted by Gasteiger charge is -2.20. The molecule has 0 bridgehead atoms. The highest BCUT2D eigenvalue weighted by Gasteiger charge is 2.19. The number of thiophene rings is 2. The Morgan fingerprint density at radius 1 is 1.16 bits per heavy atom. The molecule has 0 aliphatic carbocycles. The maximum Gasteiger partial charge on any atom is 0.267 e. The van der Waals surface area contributed by atoms with Crippen molar-refractivity contribution in [2.45, 2.75) is 33.4 Å². The first-order valence-corrected chi connectivity index (χ1v) is 11.5. The number of hydrogen-bond acceptors (Lipinski definition) is 8. The van der Waals surface area contributed by atoms with Crippen molar-refractivity contribution in [1.82, 2.24) is 24.9 Å². The van der Waals surface area contributed by atoms with E-state index in [1.54, 1.807) is 22.3 Å². The quantitative estimate of drug-likeness (QED) is 0.401. The molecule has 0 aliphatic rings. The molecule has 8 nitrogen and oxygen atoms in total. The Bertz CT molecular complexity index is 1230. The summed E-state index contributed by atoms with van der Waals surface area (Å²) in [6.45, 7) is 4.54. The highest BCUT2D eigenvalue weighted by atomic mass is 32.1. The van der Waals surface area contributed by atoms with Crippen LogP contribution in [-0.2, 0) is 17.9 Å². The number of aromatic nitrogens is 4. The van der Waals surface area contributed by atoms with Gasteiger partial charge in [0, 0.05) is 17.5 Å². The summed E-state index contributed by atoms with van der Waals surface area (Å²) < 4.78 is 6.93. The number of rotatable bonds is 8. The van der Waals surface area contributed by atoms with Gasteiger partial charge in [-0.2, -0.15) is 5.10 Å². The van der Waals surface area contributed by atoms with Gasteiger partial charge in [-0.3, -0.25) is 9.59 Å². The summed E-state index contributed by atoms with van der Waals surface area (Å²) in [7, 11) is 0. The molecule has 0 fully saturated rings. The van der Waals surface area contributed by atoms with Gasteiger partial charge < -0.3 is 9.32 Å². The van der Waals surface area contributed by atoms with Crippen LogP contribution in [0.25, 0.3) is 21.3 Å². The number of carbonyl (C=O) groups excluding carboxylic acids is 1. The van der Waals surface area contributed by atoms with Crippen LogP contribution in [0.4, 0.5) is 0 Å². The van der Waals surface area contributed by atoms with E-state index in [1.165, 1.54) is 22.1 Å². The van der Waals surface area contributed by atoms with Crippen molar-refractivity contribution in [2.75, 3.05) is 6.54 Å². The zero-order chi connectivity index (χ0) is 21.8. The smallest absolute Gasteiger partial charge is 0.267 e. The van der Waals surface area contributed by atoms with Crippen molar-refractivity contribution in [1.29, 1.82) is 0 Å². The first-order valence-electron chi connectivity index (χ1n) is 9.82. The summed E-state index contributed by atoms with van der Waals surface area (Å²) in [5.41, 5.74) is 0.352. The maximum atomic E-state index is 13.0. The van der Waals surface area contributed by atoms with Gasteiger partial charge in [0.15, 0.2) is 0 Å². The molecule has 0 aromatic carbocycles. The minimum absolute atomic E-state index is 0.150. The Labute approximate surface area is 186 Å². The molecule has 160 valence electrons. The molecule has 0 atom stereocenters. The van der Waals surface area contributed by atoms with Gasteiger partial charge >= 0.3 is 0 Å². The Morgan fingerprint density at radius 2 is 2.03 bits per heavy atom. The molecule has 0 N–H and O–H groups in total. The van der Waals surface area contributed by atoms with Crippen LogP contribution >= 0.6 is 22.7 Å². The van der Waals surface area contributed by atoms with Gasteiger partial charge in [0.2, 0.25) is 11.8 Å². The van der Waals surface area contributed by atoms with E-state index < -0.39 is 0 Å². The van der Waals surface area contributed by atoms with Crippen molar-refractivity contribution >= 4 is 28.6 Å². The second kappa shape index (κ2) is 9.36. The lowest BCUT2D eigenvalue weighted by Crippen LogP contribution is -2.37. The molecular formula is C21H21N5O3S2. The summed E-state index contributed by atoms with van der Waals surface area (Å²) in [4.78, 5) is 29.9. The largest absolute Gasteiger partial charge is 0.418 e. The van der Waals surface area contributed by atoms with E-state index in [1.807, 2.05) is 43.5 Å². The van der Waals surface area contributed by atoms with Crippen LogP contribution in [0.2, 0.25) is 0 Å². The molecule has 4 rings (SSSR count). The van der Waals surface area contributed by atoms with Crippen LogP contribution in [0.5, 0.6) is 0 Å². The van der Waals surface area contributed by atoms with Crippen molar-refractivity contribution < 1.29 is 9.21 Å². The number of carbonyl (C=O) groups is 1. The molecule has 10 heteroatoms. The molecule has 0 radical (unpaired) electrons. The van der Waals surface area contributed by atoms with E-state index in [0.717, 1.165) is 21.1 Å². The minimum atomic E-state index is -0.320. The van der Waals surface area contributed by atoms with Crippen molar-refractivity contribution in [3.8, 4) is 21.3 Å². The summed E-state index contributed by atoms with van der Waals surface area (Å²) in [5, 5.41) is 14.5. The lowest BCUT2D eigenvalue weighted by molar-refractivity contribution is -0.133. The molecular weight excluding hydrogens is 434 g/mol. The van der Waals surface area contributed by atoms with E-state index in [-0.39, 0.29) is 24.6 Å². The normalized spacial score (nSPS) is 11.0. The molecule has 4 heterocycles. The fraction of sp³-hybridized carbons (Fsp3) is 0.286. The SMILES string of the molecule is CCCN(Cc1nnc(-c2cccs2)o1)C(=O)Cn1nc(-c2ccc(C)s2)ccc1=O. The molecule has 4 aromatic heterocycles. The van der Waals surface area contributed by atoms with E-state index in [9.17, 15) is 9.59 Å². The van der Waals surface area contributed by atoms with Gasteiger partial charge in [-0.15, -0.1) is 32.9 Å². The summed E-state index contributed by atoms with van der Waals surface area (Å²) >= 11 is 3.10. The van der Waals surface area contributed by atoms with Crippen LogP contribution in [0.1, 0.15) is 24.1 Å². The van der Waals surface area contributed by atoms with Gasteiger partial charge in [-0.1, -0.05) is 13.0 Å². The molecule has 4 aromatic rings. The summed E-state index contributed by atoms with van der Waals surface area (Å²) in [6, 6.07) is 10.9. The Hall–Kier alpha value is -3.11. The number of amides is 1. The Morgan fingerprint density at radius 3 is 2.74 bits per heavy atom. The lowest BCUT2D eigenvalue weighted by atomic mass is 10.3. The zero-order valence-electron chi connectivity index (χ0n) is 17.1. The van der Waals surface area contributed by atoms with Crippen LogP contribution in [-0.4, -0.2) is 37.3 Å². The van der Waals surface area contributed by atoms with Crippen molar-refractivity contribution in [3.63, 3.8) is 0 Å². The Balaban J connectivity index is 1.51. The fourth-order valence-corrected chi connectivity index (χ4v) is 4.51. The van der Waals surface area contributed by atoms with Crippen LogP contribution in [0.3, 0.4) is 0 Å². The monoisotopic (exact) mass is 455 g/mol. The van der Waals surface area contributed by atoms with Crippen LogP contribution in [0, 0.1) is 6.92 Å². The third-order valence-electron chi connectivity index (χ3n) is 4.52. The van der Waals surface area contributed by atoms with Crippen LogP contribution in [0.15, 0.2) is 51.0 Å². The highest BCUT2D eigenvalue weighted by molar-refractivity contribution is 7.15. The van der Waals surface area contributed by atoms with Crippen molar-refractivity contribution in [2.24, 2.45) is 0 Å². The summed E-state index contributed by atoms with van der Waals surface area (Å²) in [5.74, 6) is 0.561.